The Morgan fingerprint density at radius 2 is 1.74 bits per heavy atom. The van der Waals surface area contributed by atoms with Gasteiger partial charge in [-0.25, -0.2) is 0 Å². The quantitative estimate of drug-likeness (QED) is 0.271. The Labute approximate surface area is 195 Å². The number of hydrogen-bond donors (Lipinski definition) is 1. The van der Waals surface area contributed by atoms with Crippen LogP contribution >= 0.6 is 0 Å². The van der Waals surface area contributed by atoms with Crippen molar-refractivity contribution in [3.63, 3.8) is 0 Å². The van der Waals surface area contributed by atoms with Gasteiger partial charge in [0.1, 0.15) is 17.1 Å². The van der Waals surface area contributed by atoms with Crippen LogP contribution in [0.1, 0.15) is 49.2 Å². The van der Waals surface area contributed by atoms with Gasteiger partial charge >= 0.3 is 12.4 Å². The molecule has 35 heavy (non-hydrogen) atoms. The molecule has 2 heterocycles. The second-order valence-corrected chi connectivity index (χ2v) is 8.96. The van der Waals surface area contributed by atoms with Crippen molar-refractivity contribution < 1.29 is 45.8 Å². The van der Waals surface area contributed by atoms with Crippen molar-refractivity contribution in [2.24, 2.45) is 5.41 Å². The zero-order valence-corrected chi connectivity index (χ0v) is 18.8. The highest BCUT2D eigenvalue weighted by atomic mass is 19.4. The van der Waals surface area contributed by atoms with Gasteiger partial charge in [-0.2, -0.15) is 31.4 Å². The summed E-state index contributed by atoms with van der Waals surface area (Å²) in [6, 6.07) is 1.18. The van der Waals surface area contributed by atoms with Gasteiger partial charge in [-0.3, -0.25) is 19.3 Å². The number of ketones is 2. The molecule has 0 atom stereocenters. The predicted octanol–water partition coefficient (Wildman–Crippen LogP) is 4.82. The monoisotopic (exact) mass is 505 g/mol. The average molecular weight is 505 g/mol. The summed E-state index contributed by atoms with van der Waals surface area (Å²) in [5.74, 6) is -2.85. The van der Waals surface area contributed by atoms with Crippen molar-refractivity contribution in [1.82, 2.24) is 14.8 Å². The summed E-state index contributed by atoms with van der Waals surface area (Å²) in [5, 5.41) is 14.0. The van der Waals surface area contributed by atoms with Crippen LogP contribution in [0.5, 0.6) is 5.75 Å². The molecule has 0 radical (unpaired) electrons. The first-order chi connectivity index (χ1) is 16.0. The maximum atomic E-state index is 13.7. The van der Waals surface area contributed by atoms with Gasteiger partial charge in [0.2, 0.25) is 0 Å². The summed E-state index contributed by atoms with van der Waals surface area (Å²) < 4.78 is 83.9. The Bertz CT molecular complexity index is 1170. The molecule has 3 rings (SSSR count). The molecular weight excluding hydrogens is 484 g/mol. The molecule has 0 aliphatic heterocycles. The van der Waals surface area contributed by atoms with E-state index in [0.717, 1.165) is 17.1 Å². The zero-order chi connectivity index (χ0) is 26.3. The molecule has 0 aromatic carbocycles. The van der Waals surface area contributed by atoms with Gasteiger partial charge < -0.3 is 9.84 Å². The number of aliphatic hydroxyl groups is 1. The van der Waals surface area contributed by atoms with Gasteiger partial charge in [0, 0.05) is 30.8 Å². The third-order valence-electron chi connectivity index (χ3n) is 5.32. The van der Waals surface area contributed by atoms with Crippen LogP contribution in [-0.4, -0.2) is 44.2 Å². The third-order valence-corrected chi connectivity index (χ3v) is 5.32. The van der Waals surface area contributed by atoms with Crippen LogP contribution in [0.25, 0.3) is 5.76 Å². The van der Waals surface area contributed by atoms with Crippen LogP contribution in [0.2, 0.25) is 0 Å². The fourth-order valence-electron chi connectivity index (χ4n) is 3.74. The average Bonchev–Trinajstić information content (AvgIpc) is 3.11. The molecule has 2 aromatic rings. The molecule has 2 aromatic heterocycles. The zero-order valence-electron chi connectivity index (χ0n) is 18.8. The number of Topliss-reactive ketones (excluding diaryl/α,β-unsaturated/α-hetero) is 2. The van der Waals surface area contributed by atoms with Crippen molar-refractivity contribution >= 4 is 17.3 Å². The van der Waals surface area contributed by atoms with Gasteiger partial charge in [0.15, 0.2) is 23.9 Å². The lowest BCUT2D eigenvalue weighted by Crippen LogP contribution is -2.32. The second kappa shape index (κ2) is 9.00. The number of carbonyl (C=O) groups excluding carboxylic acids is 2. The maximum absolute atomic E-state index is 13.7. The van der Waals surface area contributed by atoms with Gasteiger partial charge in [0.05, 0.1) is 17.8 Å². The molecule has 7 nitrogen and oxygen atoms in total. The van der Waals surface area contributed by atoms with E-state index in [1.54, 1.807) is 13.8 Å². The fraction of sp³-hybridized carbons (Fsp3) is 0.455. The second-order valence-electron chi connectivity index (χ2n) is 8.96. The first-order valence-electron chi connectivity index (χ1n) is 10.3. The van der Waals surface area contributed by atoms with E-state index < -0.39 is 65.1 Å². The number of alkyl halides is 6. The van der Waals surface area contributed by atoms with E-state index in [9.17, 15) is 41.0 Å². The molecule has 1 aliphatic carbocycles. The number of carbonyl (C=O) groups is 2. The van der Waals surface area contributed by atoms with Gasteiger partial charge in [0.25, 0.3) is 0 Å². The molecule has 0 amide bonds. The number of allylic oxidation sites excluding steroid dienone is 1. The third kappa shape index (κ3) is 6.01. The summed E-state index contributed by atoms with van der Waals surface area (Å²) in [6.45, 7) is 2.69. The van der Waals surface area contributed by atoms with Crippen molar-refractivity contribution in [2.45, 2.75) is 52.5 Å². The number of halogens is 6. The number of ether oxygens (including phenoxy) is 1. The molecule has 13 heteroatoms. The summed E-state index contributed by atoms with van der Waals surface area (Å²) in [5.41, 5.74) is -3.61. The Morgan fingerprint density at radius 1 is 1.14 bits per heavy atom. The lowest BCUT2D eigenvalue weighted by atomic mass is 9.73. The van der Waals surface area contributed by atoms with Crippen LogP contribution in [0.15, 0.2) is 24.0 Å². The van der Waals surface area contributed by atoms with Crippen molar-refractivity contribution in [3.05, 3.63) is 46.5 Å². The Kier molecular flexibility index (Phi) is 6.75. The number of hydrogen-bond acceptors (Lipinski definition) is 6. The van der Waals surface area contributed by atoms with Crippen molar-refractivity contribution in [2.75, 3.05) is 6.61 Å². The summed E-state index contributed by atoms with van der Waals surface area (Å²) in [6.07, 6.45) is -7.99. The van der Waals surface area contributed by atoms with Crippen LogP contribution < -0.4 is 4.74 Å². The van der Waals surface area contributed by atoms with Crippen molar-refractivity contribution in [1.29, 1.82) is 0 Å². The minimum Gasteiger partial charge on any atom is -0.506 e. The molecule has 0 unspecified atom stereocenters. The molecule has 0 saturated heterocycles. The largest absolute Gasteiger partial charge is 0.506 e. The van der Waals surface area contributed by atoms with E-state index in [1.165, 1.54) is 13.0 Å². The highest BCUT2D eigenvalue weighted by Gasteiger charge is 2.42. The van der Waals surface area contributed by atoms with E-state index in [1.807, 2.05) is 0 Å². The highest BCUT2D eigenvalue weighted by molar-refractivity contribution is 6.26. The normalized spacial score (nSPS) is 16.5. The predicted molar refractivity (Wildman–Crippen MR) is 109 cm³/mol. The first-order valence-corrected chi connectivity index (χ1v) is 10.3. The number of rotatable bonds is 5. The molecule has 1 N–H and O–H groups in total. The standard InChI is InChI=1S/C22H21F6N3O4/c1-11-13(29-5-4-16(11)35-10-21(23,24)25)9-31-8-12(19(30-31)22(26,27)28)18(34)17-14(32)6-20(2,3)7-15(17)33/h4-5,8,34H,6-7,9-10H2,1-3H3. The molecule has 1 saturated carbocycles. The number of pyridine rings is 1. The highest BCUT2D eigenvalue weighted by Crippen LogP contribution is 2.39. The van der Waals surface area contributed by atoms with Crippen LogP contribution in [0.3, 0.4) is 0 Å². The van der Waals surface area contributed by atoms with Gasteiger partial charge in [-0.15, -0.1) is 0 Å². The smallest absolute Gasteiger partial charge is 0.435 e. The fourth-order valence-corrected chi connectivity index (χ4v) is 3.74. The Hall–Kier alpha value is -3.38. The van der Waals surface area contributed by atoms with Crippen molar-refractivity contribution in [3.8, 4) is 5.75 Å². The number of nitrogens with zero attached hydrogens (tertiary/aromatic N) is 3. The molecule has 190 valence electrons. The van der Waals surface area contributed by atoms with Crippen LogP contribution in [0, 0.1) is 12.3 Å². The molecule has 0 bridgehead atoms. The summed E-state index contributed by atoms with van der Waals surface area (Å²) in [4.78, 5) is 28.9. The SMILES string of the molecule is Cc1c(OCC(F)(F)F)ccnc1Cn1cc(C(O)=C2C(=O)CC(C)(C)CC2=O)c(C(F)(F)F)n1. The van der Waals surface area contributed by atoms with E-state index in [4.69, 9.17) is 4.74 Å². The van der Waals surface area contributed by atoms with Gasteiger partial charge in [-0.1, -0.05) is 13.8 Å². The van der Waals surface area contributed by atoms with Gasteiger partial charge in [-0.05, 0) is 18.4 Å². The topological polar surface area (TPSA) is 94.3 Å². The number of aromatic nitrogens is 3. The first kappa shape index (κ1) is 26.2. The van der Waals surface area contributed by atoms with E-state index in [0.29, 0.717) is 0 Å². The molecule has 1 aliphatic rings. The Balaban J connectivity index is 2.00. The summed E-state index contributed by atoms with van der Waals surface area (Å²) >= 11 is 0. The summed E-state index contributed by atoms with van der Waals surface area (Å²) in [7, 11) is 0. The molecule has 0 spiro atoms. The van der Waals surface area contributed by atoms with E-state index in [-0.39, 0.29) is 29.8 Å². The van der Waals surface area contributed by atoms with E-state index in [2.05, 4.69) is 10.1 Å². The minimum atomic E-state index is -5.05. The lowest BCUT2D eigenvalue weighted by molar-refractivity contribution is -0.153. The lowest BCUT2D eigenvalue weighted by Gasteiger charge is -2.28. The Morgan fingerprint density at radius 3 is 2.29 bits per heavy atom. The maximum Gasteiger partial charge on any atom is 0.435 e. The number of aliphatic hydroxyl groups excluding tert-OH is 1. The molecular formula is C22H21F6N3O4. The minimum absolute atomic E-state index is 0.0613. The van der Waals surface area contributed by atoms with E-state index >= 15 is 0 Å². The van der Waals surface area contributed by atoms with Crippen LogP contribution in [-0.2, 0) is 22.3 Å². The van der Waals surface area contributed by atoms with Crippen LogP contribution in [0.4, 0.5) is 26.3 Å². The molecule has 1 fully saturated rings.